The predicted octanol–water partition coefficient (Wildman–Crippen LogP) is 3.08. The largest absolute Gasteiger partial charge is 0.497 e. The zero-order chi connectivity index (χ0) is 14.4. The van der Waals surface area contributed by atoms with Crippen LogP contribution >= 0.6 is 11.8 Å². The van der Waals surface area contributed by atoms with Crippen molar-refractivity contribution in [1.82, 2.24) is 9.97 Å². The van der Waals surface area contributed by atoms with Crippen molar-refractivity contribution in [2.75, 3.05) is 26.1 Å². The number of methoxy groups -OCH3 is 2. The number of nitrogens with one attached hydrogen (secondary N) is 1. The van der Waals surface area contributed by atoms with Crippen LogP contribution in [0.15, 0.2) is 40.5 Å². The molecule has 106 valence electrons. The number of nitrogens with zero attached hydrogens (tertiary/aromatic N) is 2. The molecule has 1 N–H and O–H groups in total. The second-order valence-electron chi connectivity index (χ2n) is 3.87. The molecule has 0 saturated heterocycles. The summed E-state index contributed by atoms with van der Waals surface area (Å²) in [5, 5.41) is 3.94. The lowest BCUT2D eigenvalue weighted by Gasteiger charge is -2.11. The molecule has 2 rings (SSSR count). The highest BCUT2D eigenvalue weighted by molar-refractivity contribution is 7.99. The van der Waals surface area contributed by atoms with Crippen LogP contribution in [-0.2, 0) is 0 Å². The van der Waals surface area contributed by atoms with Crippen molar-refractivity contribution in [1.29, 1.82) is 0 Å². The molecule has 0 amide bonds. The van der Waals surface area contributed by atoms with Crippen molar-refractivity contribution in [2.24, 2.45) is 0 Å². The van der Waals surface area contributed by atoms with Crippen LogP contribution in [0, 0.1) is 0 Å². The van der Waals surface area contributed by atoms with E-state index in [9.17, 15) is 0 Å². The first kappa shape index (κ1) is 14.5. The minimum atomic E-state index is 0.662. The average molecular weight is 291 g/mol. The van der Waals surface area contributed by atoms with Crippen LogP contribution in [0.25, 0.3) is 0 Å². The van der Waals surface area contributed by atoms with Gasteiger partial charge in [0.25, 0.3) is 0 Å². The first-order valence-electron chi connectivity index (χ1n) is 6.23. The third kappa shape index (κ3) is 3.33. The summed E-state index contributed by atoms with van der Waals surface area (Å²) in [7, 11) is 3.27. The Morgan fingerprint density at radius 1 is 1.10 bits per heavy atom. The molecule has 0 bridgehead atoms. The Balaban J connectivity index is 2.25. The van der Waals surface area contributed by atoms with Gasteiger partial charge in [0.1, 0.15) is 17.1 Å². The highest BCUT2D eigenvalue weighted by Crippen LogP contribution is 2.36. The number of rotatable bonds is 6. The number of aromatic nitrogens is 2. The van der Waals surface area contributed by atoms with Gasteiger partial charge in [-0.3, -0.25) is 0 Å². The van der Waals surface area contributed by atoms with Gasteiger partial charge in [0.05, 0.1) is 14.2 Å². The minimum Gasteiger partial charge on any atom is -0.497 e. The second-order valence-corrected chi connectivity index (χ2v) is 4.93. The standard InChI is InChI=1S/C14H17N3O2S/c1-4-15-13-12(19-3)14(17-9-16-13)20-11-7-5-10(18-2)6-8-11/h5-9H,4H2,1-3H3,(H,15,16,17). The summed E-state index contributed by atoms with van der Waals surface area (Å²) >= 11 is 1.53. The van der Waals surface area contributed by atoms with Crippen LogP contribution in [0.4, 0.5) is 5.82 Å². The zero-order valence-corrected chi connectivity index (χ0v) is 12.5. The van der Waals surface area contributed by atoms with E-state index in [1.165, 1.54) is 18.1 Å². The third-order valence-electron chi connectivity index (χ3n) is 2.59. The van der Waals surface area contributed by atoms with E-state index in [0.717, 1.165) is 22.2 Å². The molecule has 1 heterocycles. The molecule has 1 aromatic heterocycles. The van der Waals surface area contributed by atoms with Crippen LogP contribution in [0.1, 0.15) is 6.92 Å². The highest BCUT2D eigenvalue weighted by Gasteiger charge is 2.12. The summed E-state index contributed by atoms with van der Waals surface area (Å²) in [5.74, 6) is 2.20. The zero-order valence-electron chi connectivity index (χ0n) is 11.7. The van der Waals surface area contributed by atoms with Gasteiger partial charge in [0, 0.05) is 11.4 Å². The maximum atomic E-state index is 5.41. The molecule has 0 fully saturated rings. The first-order valence-corrected chi connectivity index (χ1v) is 7.05. The number of anilines is 1. The van der Waals surface area contributed by atoms with E-state index >= 15 is 0 Å². The van der Waals surface area contributed by atoms with E-state index in [4.69, 9.17) is 9.47 Å². The Labute approximate surface area is 122 Å². The first-order chi connectivity index (χ1) is 9.78. The Kier molecular flexibility index (Phi) is 5.06. The van der Waals surface area contributed by atoms with E-state index in [2.05, 4.69) is 15.3 Å². The molecular formula is C14H17N3O2S. The van der Waals surface area contributed by atoms with Crippen molar-refractivity contribution >= 4 is 17.6 Å². The number of ether oxygens (including phenoxy) is 2. The molecular weight excluding hydrogens is 274 g/mol. The van der Waals surface area contributed by atoms with Crippen molar-refractivity contribution < 1.29 is 9.47 Å². The summed E-state index contributed by atoms with van der Waals surface area (Å²) in [4.78, 5) is 9.53. The second kappa shape index (κ2) is 7.00. The van der Waals surface area contributed by atoms with Gasteiger partial charge in [-0.15, -0.1) is 0 Å². The molecule has 0 aliphatic rings. The maximum Gasteiger partial charge on any atom is 0.194 e. The molecule has 2 aromatic rings. The van der Waals surface area contributed by atoms with E-state index in [-0.39, 0.29) is 0 Å². The van der Waals surface area contributed by atoms with Gasteiger partial charge in [-0.2, -0.15) is 0 Å². The Morgan fingerprint density at radius 3 is 2.45 bits per heavy atom. The number of hydrogen-bond acceptors (Lipinski definition) is 6. The maximum absolute atomic E-state index is 5.41. The number of benzene rings is 1. The molecule has 6 heteroatoms. The van der Waals surface area contributed by atoms with E-state index in [0.29, 0.717) is 11.6 Å². The summed E-state index contributed by atoms with van der Waals surface area (Å²) < 4.78 is 10.6. The van der Waals surface area contributed by atoms with Crippen LogP contribution in [0.2, 0.25) is 0 Å². The molecule has 0 spiro atoms. The van der Waals surface area contributed by atoms with Crippen molar-refractivity contribution in [2.45, 2.75) is 16.8 Å². The third-order valence-corrected chi connectivity index (χ3v) is 3.59. The lowest BCUT2D eigenvalue weighted by molar-refractivity contribution is 0.400. The molecule has 0 atom stereocenters. The number of hydrogen-bond donors (Lipinski definition) is 1. The molecule has 0 unspecified atom stereocenters. The molecule has 5 nitrogen and oxygen atoms in total. The summed E-state index contributed by atoms with van der Waals surface area (Å²) in [5.41, 5.74) is 0. The quantitative estimate of drug-likeness (QED) is 0.825. The highest BCUT2D eigenvalue weighted by atomic mass is 32.2. The SMILES string of the molecule is CCNc1ncnc(Sc2ccc(OC)cc2)c1OC. The minimum absolute atomic E-state index is 0.662. The molecule has 0 aliphatic carbocycles. The van der Waals surface area contributed by atoms with Crippen molar-refractivity contribution in [3.05, 3.63) is 30.6 Å². The van der Waals surface area contributed by atoms with Gasteiger partial charge in [-0.1, -0.05) is 11.8 Å². The van der Waals surface area contributed by atoms with Crippen molar-refractivity contribution in [3.8, 4) is 11.5 Å². The van der Waals surface area contributed by atoms with E-state index < -0.39 is 0 Å². The Bertz CT molecular complexity index is 561. The van der Waals surface area contributed by atoms with Crippen LogP contribution < -0.4 is 14.8 Å². The van der Waals surface area contributed by atoms with Gasteiger partial charge in [0.2, 0.25) is 0 Å². The monoisotopic (exact) mass is 291 g/mol. The fraction of sp³-hybridized carbons (Fsp3) is 0.286. The van der Waals surface area contributed by atoms with Gasteiger partial charge >= 0.3 is 0 Å². The summed E-state index contributed by atoms with van der Waals surface area (Å²) in [6.07, 6.45) is 1.53. The fourth-order valence-corrected chi connectivity index (χ4v) is 2.53. The summed E-state index contributed by atoms with van der Waals surface area (Å²) in [6, 6.07) is 7.80. The molecule has 1 aromatic carbocycles. The van der Waals surface area contributed by atoms with Gasteiger partial charge in [-0.25, -0.2) is 9.97 Å². The van der Waals surface area contributed by atoms with E-state index in [1.54, 1.807) is 14.2 Å². The van der Waals surface area contributed by atoms with Crippen LogP contribution in [0.3, 0.4) is 0 Å². The van der Waals surface area contributed by atoms with E-state index in [1.807, 2.05) is 31.2 Å². The smallest absolute Gasteiger partial charge is 0.194 e. The van der Waals surface area contributed by atoms with Crippen LogP contribution in [0.5, 0.6) is 11.5 Å². The lowest BCUT2D eigenvalue weighted by Crippen LogP contribution is -2.03. The average Bonchev–Trinajstić information content (AvgIpc) is 2.49. The lowest BCUT2D eigenvalue weighted by atomic mass is 10.3. The van der Waals surface area contributed by atoms with Gasteiger partial charge in [0.15, 0.2) is 11.6 Å². The normalized spacial score (nSPS) is 10.2. The van der Waals surface area contributed by atoms with Crippen molar-refractivity contribution in [3.63, 3.8) is 0 Å². The predicted molar refractivity (Wildman–Crippen MR) is 79.9 cm³/mol. The van der Waals surface area contributed by atoms with Gasteiger partial charge < -0.3 is 14.8 Å². The fourth-order valence-electron chi connectivity index (χ4n) is 1.66. The van der Waals surface area contributed by atoms with Crippen LogP contribution in [-0.4, -0.2) is 30.7 Å². The molecule has 0 aliphatic heterocycles. The Morgan fingerprint density at radius 2 is 1.85 bits per heavy atom. The Hall–Kier alpha value is -1.95. The topological polar surface area (TPSA) is 56.3 Å². The molecule has 0 radical (unpaired) electrons. The summed E-state index contributed by atoms with van der Waals surface area (Å²) in [6.45, 7) is 2.79. The molecule has 20 heavy (non-hydrogen) atoms. The van der Waals surface area contributed by atoms with Gasteiger partial charge in [-0.05, 0) is 31.2 Å². The molecule has 0 saturated carbocycles.